The normalized spacial score (nSPS) is 51.8. The van der Waals surface area contributed by atoms with Crippen LogP contribution in [0, 0.1) is 34.5 Å². The van der Waals surface area contributed by atoms with Crippen LogP contribution in [0.3, 0.4) is 0 Å². The molecule has 1 spiro atoms. The molecule has 8 nitrogen and oxygen atoms in total. The Hall–Kier alpha value is -2.03. The van der Waals surface area contributed by atoms with Crippen LogP contribution < -0.4 is 0 Å². The lowest BCUT2D eigenvalue weighted by atomic mass is 9.42. The van der Waals surface area contributed by atoms with Crippen molar-refractivity contribution in [3.63, 3.8) is 0 Å². The van der Waals surface area contributed by atoms with E-state index in [1.807, 2.05) is 13.8 Å². The van der Waals surface area contributed by atoms with Crippen molar-refractivity contribution < 1.29 is 38.8 Å². The molecule has 2 aliphatic heterocycles. The fraction of sp³-hybridized carbons (Fsp3) is 0.767. The summed E-state index contributed by atoms with van der Waals surface area (Å²) in [7, 11) is 0. The van der Waals surface area contributed by atoms with Gasteiger partial charge in [0.1, 0.15) is 29.5 Å². The van der Waals surface area contributed by atoms with E-state index in [4.69, 9.17) is 14.2 Å². The molecule has 0 radical (unpaired) electrons. The van der Waals surface area contributed by atoms with E-state index in [0.717, 1.165) is 5.57 Å². The van der Waals surface area contributed by atoms with E-state index in [2.05, 4.69) is 13.8 Å². The first-order valence-electron chi connectivity index (χ1n) is 14.1. The van der Waals surface area contributed by atoms with Gasteiger partial charge in [0.2, 0.25) is 0 Å². The van der Waals surface area contributed by atoms with E-state index in [0.29, 0.717) is 37.7 Å². The van der Waals surface area contributed by atoms with Crippen molar-refractivity contribution in [1.29, 1.82) is 0 Å². The Labute approximate surface area is 223 Å². The number of ether oxygens (including phenoxy) is 3. The maximum Gasteiger partial charge on any atom is 0.333 e. The van der Waals surface area contributed by atoms with Crippen molar-refractivity contribution in [2.45, 2.75) is 109 Å². The van der Waals surface area contributed by atoms with Crippen LogP contribution in [0.4, 0.5) is 0 Å². The van der Waals surface area contributed by atoms with Crippen molar-refractivity contribution >= 4 is 17.7 Å². The van der Waals surface area contributed by atoms with Crippen molar-refractivity contribution in [1.82, 2.24) is 0 Å². The molecular formula is C30H40O8. The fourth-order valence-corrected chi connectivity index (χ4v) is 9.80. The fourth-order valence-electron chi connectivity index (χ4n) is 9.80. The molecule has 6 rings (SSSR count). The minimum atomic E-state index is -1.40. The zero-order chi connectivity index (χ0) is 27.6. The van der Waals surface area contributed by atoms with Gasteiger partial charge in [-0.3, -0.25) is 9.59 Å². The van der Waals surface area contributed by atoms with Gasteiger partial charge >= 0.3 is 11.9 Å². The Balaban J connectivity index is 1.40. The lowest BCUT2D eigenvalue weighted by Crippen LogP contribution is -2.70. The predicted octanol–water partition coefficient (Wildman–Crippen LogP) is 3.04. The zero-order valence-electron chi connectivity index (χ0n) is 23.2. The van der Waals surface area contributed by atoms with Gasteiger partial charge < -0.3 is 24.4 Å². The minimum absolute atomic E-state index is 0.0750. The van der Waals surface area contributed by atoms with Gasteiger partial charge in [-0.1, -0.05) is 19.4 Å². The molecule has 4 fully saturated rings. The SMILES string of the molecule is CC(=O)O[C@H]1C[C@H]([C@H](C)[C@H]2CC(C)=C(C)C(=O)O2)[C@@]2(C)CC[C@H]3[C@@H](C[C@H]4O[C@]45[C@@H](O)C=CC(=O)[C@]35C)[C@]12O. The molecule has 0 unspecified atom stereocenters. The Morgan fingerprint density at radius 2 is 1.89 bits per heavy atom. The van der Waals surface area contributed by atoms with Gasteiger partial charge in [-0.05, 0) is 82.3 Å². The quantitative estimate of drug-likeness (QED) is 0.423. The number of hydrogen-bond donors (Lipinski definition) is 2. The highest BCUT2D eigenvalue weighted by Crippen LogP contribution is 2.74. The number of allylic oxidation sites excluding steroid dienone is 1. The van der Waals surface area contributed by atoms with Crippen LogP contribution in [0.1, 0.15) is 73.6 Å². The summed E-state index contributed by atoms with van der Waals surface area (Å²) in [4.78, 5) is 38.4. The molecule has 0 aromatic heterocycles. The molecule has 38 heavy (non-hydrogen) atoms. The van der Waals surface area contributed by atoms with Crippen LogP contribution in [-0.4, -0.2) is 63.6 Å². The third-order valence-electron chi connectivity index (χ3n) is 12.1. The lowest BCUT2D eigenvalue weighted by Gasteiger charge is -2.61. The smallest absolute Gasteiger partial charge is 0.333 e. The number of esters is 2. The molecule has 0 aromatic carbocycles. The summed E-state index contributed by atoms with van der Waals surface area (Å²) < 4.78 is 18.0. The van der Waals surface area contributed by atoms with Crippen LogP contribution in [0.15, 0.2) is 23.3 Å². The number of aliphatic hydroxyl groups excluding tert-OH is 1. The minimum Gasteiger partial charge on any atom is -0.459 e. The van der Waals surface area contributed by atoms with Crippen molar-refractivity contribution in [2.75, 3.05) is 0 Å². The van der Waals surface area contributed by atoms with Crippen LogP contribution >= 0.6 is 0 Å². The number of cyclic esters (lactones) is 1. The molecule has 12 atom stereocenters. The van der Waals surface area contributed by atoms with Crippen molar-refractivity contribution in [3.05, 3.63) is 23.3 Å². The third kappa shape index (κ3) is 2.95. The first-order chi connectivity index (χ1) is 17.7. The monoisotopic (exact) mass is 528 g/mol. The van der Waals surface area contributed by atoms with Gasteiger partial charge in [0.05, 0.1) is 11.5 Å². The summed E-state index contributed by atoms with van der Waals surface area (Å²) >= 11 is 0. The Kier molecular flexibility index (Phi) is 5.53. The number of ketones is 1. The van der Waals surface area contributed by atoms with Crippen LogP contribution in [0.25, 0.3) is 0 Å². The maximum absolute atomic E-state index is 13.5. The number of epoxide rings is 1. The summed E-state index contributed by atoms with van der Waals surface area (Å²) in [5.41, 5.74) is -2.30. The summed E-state index contributed by atoms with van der Waals surface area (Å²) in [5.74, 6) is -1.57. The highest BCUT2D eigenvalue weighted by atomic mass is 16.6. The highest BCUT2D eigenvalue weighted by molar-refractivity contribution is 5.98. The molecule has 0 bridgehead atoms. The van der Waals surface area contributed by atoms with Gasteiger partial charge in [0.25, 0.3) is 0 Å². The van der Waals surface area contributed by atoms with E-state index >= 15 is 0 Å². The maximum atomic E-state index is 13.5. The molecule has 2 heterocycles. The number of rotatable bonds is 3. The highest BCUT2D eigenvalue weighted by Gasteiger charge is 2.83. The van der Waals surface area contributed by atoms with Crippen LogP contribution in [-0.2, 0) is 28.6 Å². The topological polar surface area (TPSA) is 123 Å². The number of carbonyl (C=O) groups is 3. The van der Waals surface area contributed by atoms with Crippen molar-refractivity contribution in [3.8, 4) is 0 Å². The van der Waals surface area contributed by atoms with Gasteiger partial charge in [0, 0.05) is 24.3 Å². The molecule has 0 amide bonds. The predicted molar refractivity (Wildman–Crippen MR) is 135 cm³/mol. The van der Waals surface area contributed by atoms with E-state index in [1.54, 1.807) is 6.92 Å². The van der Waals surface area contributed by atoms with E-state index in [1.165, 1.54) is 19.1 Å². The Morgan fingerprint density at radius 3 is 2.55 bits per heavy atom. The van der Waals surface area contributed by atoms with Crippen LogP contribution in [0.5, 0.6) is 0 Å². The number of aliphatic hydroxyl groups is 2. The number of carbonyl (C=O) groups excluding carboxylic acids is 3. The molecule has 8 heteroatoms. The molecular weight excluding hydrogens is 488 g/mol. The van der Waals surface area contributed by atoms with Gasteiger partial charge in [-0.25, -0.2) is 4.79 Å². The van der Waals surface area contributed by atoms with Crippen molar-refractivity contribution in [2.24, 2.45) is 34.5 Å². The standard InChI is InChI=1S/C30H40O8/c1-14-11-21(37-26(34)15(14)2)16(3)19-12-24(36-17(4)31)29(35)20-13-25-30(38-25)23(33)8-7-22(32)28(30,6)18(20)9-10-27(19,29)5/h7-8,16,18-21,23-25,33,35H,9-13H2,1-6H3/t16-,18-,19+,20+,21+,23-,24-,25+,27+,28-,29-,30+/m0/s1. The second kappa shape index (κ2) is 8.01. The average molecular weight is 529 g/mol. The lowest BCUT2D eigenvalue weighted by molar-refractivity contribution is -0.234. The molecule has 2 N–H and O–H groups in total. The second-order valence-electron chi connectivity index (χ2n) is 13.4. The molecule has 4 aliphatic carbocycles. The summed E-state index contributed by atoms with van der Waals surface area (Å²) in [6.07, 6.45) is 3.58. The number of fused-ring (bicyclic) bond motifs is 4. The van der Waals surface area contributed by atoms with Gasteiger partial charge in [0.15, 0.2) is 5.78 Å². The Morgan fingerprint density at radius 1 is 1.18 bits per heavy atom. The Bertz CT molecular complexity index is 1170. The molecule has 208 valence electrons. The number of hydrogen-bond acceptors (Lipinski definition) is 8. The zero-order valence-corrected chi connectivity index (χ0v) is 23.2. The second-order valence-corrected chi connectivity index (χ2v) is 13.4. The largest absolute Gasteiger partial charge is 0.459 e. The van der Waals surface area contributed by atoms with E-state index < -0.39 is 40.2 Å². The van der Waals surface area contributed by atoms with Gasteiger partial charge in [-0.15, -0.1) is 0 Å². The third-order valence-corrected chi connectivity index (χ3v) is 12.1. The summed E-state index contributed by atoms with van der Waals surface area (Å²) in [5, 5.41) is 23.8. The molecule has 1 saturated heterocycles. The molecule has 0 aromatic rings. The van der Waals surface area contributed by atoms with E-state index in [-0.39, 0.29) is 47.6 Å². The molecule has 6 aliphatic rings. The summed E-state index contributed by atoms with van der Waals surface area (Å²) in [6, 6.07) is 0. The first kappa shape index (κ1) is 26.2. The summed E-state index contributed by atoms with van der Waals surface area (Å²) in [6.45, 7) is 11.2. The first-order valence-corrected chi connectivity index (χ1v) is 14.1. The van der Waals surface area contributed by atoms with E-state index in [9.17, 15) is 24.6 Å². The van der Waals surface area contributed by atoms with Gasteiger partial charge in [-0.2, -0.15) is 0 Å². The van der Waals surface area contributed by atoms with Crippen LogP contribution in [0.2, 0.25) is 0 Å². The average Bonchev–Trinajstić information content (AvgIpc) is 3.55. The molecule has 3 saturated carbocycles.